The molecule has 150 valence electrons. The number of benzene rings is 1. The fraction of sp³-hybridized carbons (Fsp3) is 0.476. The Morgan fingerprint density at radius 2 is 1.86 bits per heavy atom. The summed E-state index contributed by atoms with van der Waals surface area (Å²) in [6.45, 7) is 1.96. The van der Waals surface area contributed by atoms with Crippen molar-refractivity contribution in [1.82, 2.24) is 9.88 Å². The Morgan fingerprint density at radius 3 is 2.46 bits per heavy atom. The van der Waals surface area contributed by atoms with Crippen LogP contribution in [0.5, 0.6) is 5.75 Å². The highest BCUT2D eigenvalue weighted by molar-refractivity contribution is 5.22. The van der Waals surface area contributed by atoms with Gasteiger partial charge in [-0.3, -0.25) is 9.88 Å². The molecule has 4 atom stereocenters. The van der Waals surface area contributed by atoms with Crippen molar-refractivity contribution < 1.29 is 24.1 Å². The molecule has 0 bridgehead atoms. The molecule has 28 heavy (non-hydrogen) atoms. The lowest BCUT2D eigenvalue weighted by molar-refractivity contribution is 0.0319. The monoisotopic (exact) mass is 390 g/mol. The normalized spacial score (nSPS) is 28.4. The number of halogens is 2. The van der Waals surface area contributed by atoms with Crippen molar-refractivity contribution in [2.75, 3.05) is 19.6 Å². The summed E-state index contributed by atoms with van der Waals surface area (Å²) in [5.41, 5.74) is -0.121. The molecule has 1 saturated heterocycles. The number of pyridine rings is 1. The van der Waals surface area contributed by atoms with E-state index >= 15 is 0 Å². The SMILES string of the molecule is Oc1ccc(C(O)CN2C[C@@H]3CC(O)(Cc4ccc(F)cc4F)C[C@@H]3C2)nc1. The van der Waals surface area contributed by atoms with E-state index in [4.69, 9.17) is 0 Å². The van der Waals surface area contributed by atoms with Crippen LogP contribution in [0.15, 0.2) is 36.5 Å². The average molecular weight is 390 g/mol. The fourth-order valence-corrected chi connectivity index (χ4v) is 4.80. The van der Waals surface area contributed by atoms with Gasteiger partial charge in [-0.15, -0.1) is 0 Å². The minimum Gasteiger partial charge on any atom is -0.506 e. The summed E-state index contributed by atoms with van der Waals surface area (Å²) in [7, 11) is 0. The maximum Gasteiger partial charge on any atom is 0.133 e. The summed E-state index contributed by atoms with van der Waals surface area (Å²) in [5, 5.41) is 30.6. The molecular formula is C21H24F2N2O3. The van der Waals surface area contributed by atoms with Gasteiger partial charge in [0.15, 0.2) is 0 Å². The number of β-amino-alcohol motifs (C(OH)–C–C–N with tert-alkyl or cyclic N) is 1. The van der Waals surface area contributed by atoms with Crippen LogP contribution in [-0.4, -0.2) is 50.4 Å². The first-order valence-electron chi connectivity index (χ1n) is 9.53. The Hall–Kier alpha value is -2.09. The van der Waals surface area contributed by atoms with Gasteiger partial charge in [-0.1, -0.05) is 6.07 Å². The third-order valence-corrected chi connectivity index (χ3v) is 6.01. The summed E-state index contributed by atoms with van der Waals surface area (Å²) < 4.78 is 27.0. The number of aliphatic hydroxyl groups excluding tert-OH is 1. The van der Waals surface area contributed by atoms with Gasteiger partial charge in [0.25, 0.3) is 0 Å². The van der Waals surface area contributed by atoms with Gasteiger partial charge in [0.2, 0.25) is 0 Å². The number of aromatic hydroxyl groups is 1. The van der Waals surface area contributed by atoms with Crippen LogP contribution in [0, 0.1) is 23.5 Å². The zero-order valence-corrected chi connectivity index (χ0v) is 15.4. The zero-order valence-electron chi connectivity index (χ0n) is 15.4. The summed E-state index contributed by atoms with van der Waals surface area (Å²) in [5.74, 6) is -0.601. The molecule has 2 unspecified atom stereocenters. The second-order valence-electron chi connectivity index (χ2n) is 8.24. The van der Waals surface area contributed by atoms with Crippen LogP contribution in [0.1, 0.15) is 30.2 Å². The molecule has 1 saturated carbocycles. The van der Waals surface area contributed by atoms with E-state index in [9.17, 15) is 24.1 Å². The van der Waals surface area contributed by atoms with E-state index in [1.54, 1.807) is 6.07 Å². The lowest BCUT2D eigenvalue weighted by atomic mass is 9.91. The largest absolute Gasteiger partial charge is 0.506 e. The van der Waals surface area contributed by atoms with Crippen LogP contribution in [0.25, 0.3) is 0 Å². The van der Waals surface area contributed by atoms with Crippen molar-refractivity contribution in [1.29, 1.82) is 0 Å². The molecule has 2 aromatic rings. The van der Waals surface area contributed by atoms with Gasteiger partial charge in [-0.05, 0) is 48.4 Å². The van der Waals surface area contributed by atoms with Crippen LogP contribution in [0.4, 0.5) is 8.78 Å². The standard InChI is InChI=1S/C21H24F2N2O3/c22-16-2-1-13(18(23)5-16)6-21(28)7-14-10-25(11-15(14)8-21)12-20(27)19-4-3-17(26)9-24-19/h1-5,9,14-15,20,26-28H,6-8,10-12H2/t14-,15+,20?,21?. The van der Waals surface area contributed by atoms with Crippen LogP contribution in [0.2, 0.25) is 0 Å². The number of fused-ring (bicyclic) bond motifs is 1. The number of aromatic nitrogens is 1. The van der Waals surface area contributed by atoms with Gasteiger partial charge in [-0.2, -0.15) is 0 Å². The Bertz CT molecular complexity index is 832. The van der Waals surface area contributed by atoms with E-state index in [0.717, 1.165) is 19.2 Å². The number of rotatable bonds is 5. The highest BCUT2D eigenvalue weighted by Crippen LogP contribution is 2.45. The van der Waals surface area contributed by atoms with E-state index in [1.807, 2.05) is 0 Å². The predicted molar refractivity (Wildman–Crippen MR) is 98.5 cm³/mol. The molecule has 2 fully saturated rings. The molecule has 1 aliphatic carbocycles. The Labute approximate surface area is 162 Å². The topological polar surface area (TPSA) is 76.8 Å². The van der Waals surface area contributed by atoms with Crippen molar-refractivity contribution in [3.05, 3.63) is 59.4 Å². The van der Waals surface area contributed by atoms with Crippen LogP contribution in [-0.2, 0) is 6.42 Å². The van der Waals surface area contributed by atoms with Gasteiger partial charge in [0.1, 0.15) is 23.5 Å². The maximum atomic E-state index is 13.9. The molecule has 7 heteroatoms. The molecule has 4 rings (SSSR count). The number of likely N-dealkylation sites (tertiary alicyclic amines) is 1. The molecule has 1 aromatic heterocycles. The predicted octanol–water partition coefficient (Wildman–Crippen LogP) is 2.41. The van der Waals surface area contributed by atoms with Crippen LogP contribution >= 0.6 is 0 Å². The third-order valence-electron chi connectivity index (χ3n) is 6.01. The van der Waals surface area contributed by atoms with E-state index in [2.05, 4.69) is 9.88 Å². The first-order valence-corrected chi connectivity index (χ1v) is 9.53. The van der Waals surface area contributed by atoms with Crippen LogP contribution < -0.4 is 0 Å². The lowest BCUT2D eigenvalue weighted by Gasteiger charge is -2.27. The second-order valence-corrected chi connectivity index (χ2v) is 8.24. The molecule has 0 radical (unpaired) electrons. The first kappa shape index (κ1) is 19.2. The molecule has 0 amide bonds. The minimum atomic E-state index is -0.975. The quantitative estimate of drug-likeness (QED) is 0.731. The second kappa shape index (κ2) is 7.39. The summed E-state index contributed by atoms with van der Waals surface area (Å²) in [4.78, 5) is 6.21. The molecule has 1 aromatic carbocycles. The van der Waals surface area contributed by atoms with E-state index < -0.39 is 23.3 Å². The van der Waals surface area contributed by atoms with Gasteiger partial charge >= 0.3 is 0 Å². The average Bonchev–Trinajstić information content (AvgIpc) is 3.12. The van der Waals surface area contributed by atoms with Gasteiger partial charge < -0.3 is 15.3 Å². The van der Waals surface area contributed by atoms with Crippen molar-refractivity contribution in [3.63, 3.8) is 0 Å². The Kier molecular flexibility index (Phi) is 5.07. The highest BCUT2D eigenvalue weighted by Gasteiger charge is 2.48. The number of hydrogen-bond donors (Lipinski definition) is 3. The molecule has 2 aliphatic rings. The minimum absolute atomic E-state index is 0.0588. The molecule has 3 N–H and O–H groups in total. The van der Waals surface area contributed by atoms with Gasteiger partial charge in [0, 0.05) is 32.1 Å². The smallest absolute Gasteiger partial charge is 0.133 e. The van der Waals surface area contributed by atoms with Crippen molar-refractivity contribution in [2.24, 2.45) is 11.8 Å². The van der Waals surface area contributed by atoms with Crippen molar-refractivity contribution >= 4 is 0 Å². The summed E-state index contributed by atoms with van der Waals surface area (Å²) in [6, 6.07) is 6.59. The molecule has 1 aliphatic heterocycles. The van der Waals surface area contributed by atoms with E-state index in [0.29, 0.717) is 30.6 Å². The number of hydrogen-bond acceptors (Lipinski definition) is 5. The number of aliphatic hydroxyl groups is 2. The van der Waals surface area contributed by atoms with Gasteiger partial charge in [0.05, 0.1) is 17.5 Å². The van der Waals surface area contributed by atoms with Crippen molar-refractivity contribution in [2.45, 2.75) is 31.0 Å². The molecular weight excluding hydrogens is 366 g/mol. The summed E-state index contributed by atoms with van der Waals surface area (Å²) in [6.07, 6.45) is 1.89. The van der Waals surface area contributed by atoms with Crippen LogP contribution in [0.3, 0.4) is 0 Å². The summed E-state index contributed by atoms with van der Waals surface area (Å²) >= 11 is 0. The third kappa shape index (κ3) is 4.01. The van der Waals surface area contributed by atoms with E-state index in [-0.39, 0.29) is 24.0 Å². The zero-order chi connectivity index (χ0) is 19.9. The Morgan fingerprint density at radius 1 is 1.14 bits per heavy atom. The molecule has 2 heterocycles. The number of nitrogens with zero attached hydrogens (tertiary/aromatic N) is 2. The highest BCUT2D eigenvalue weighted by atomic mass is 19.1. The lowest BCUT2D eigenvalue weighted by Crippen LogP contribution is -2.33. The maximum absolute atomic E-state index is 13.9. The van der Waals surface area contributed by atoms with Gasteiger partial charge in [-0.25, -0.2) is 8.78 Å². The molecule has 5 nitrogen and oxygen atoms in total. The van der Waals surface area contributed by atoms with E-state index in [1.165, 1.54) is 24.4 Å². The van der Waals surface area contributed by atoms with Crippen molar-refractivity contribution in [3.8, 4) is 5.75 Å². The molecule has 0 spiro atoms. The fourth-order valence-electron chi connectivity index (χ4n) is 4.80. The Balaban J connectivity index is 1.34. The first-order chi connectivity index (χ1) is 13.3.